The lowest BCUT2D eigenvalue weighted by Crippen LogP contribution is -2.54. The predicted molar refractivity (Wildman–Crippen MR) is 54.1 cm³/mol. The largest absolute Gasteiger partial charge is 0.386 e. The topological polar surface area (TPSA) is 41.9 Å². The van der Waals surface area contributed by atoms with Gasteiger partial charge in [-0.1, -0.05) is 0 Å². The molecule has 84 valence electrons. The predicted octanol–water partition coefficient (Wildman–Crippen LogP) is 0.449. The average molecular weight is 203 g/mol. The summed E-state index contributed by atoms with van der Waals surface area (Å²) < 4.78 is 10.9. The third-order valence-corrected chi connectivity index (χ3v) is 2.61. The average Bonchev–Trinajstić information content (AvgIpc) is 2.10. The molecule has 1 heterocycles. The molecule has 0 aliphatic carbocycles. The van der Waals surface area contributed by atoms with Crippen LogP contribution in [0, 0.1) is 0 Å². The molecule has 14 heavy (non-hydrogen) atoms. The van der Waals surface area contributed by atoms with Gasteiger partial charge in [0.15, 0.2) is 6.29 Å². The molecule has 4 nitrogen and oxygen atoms in total. The summed E-state index contributed by atoms with van der Waals surface area (Å²) in [6.07, 6.45) is -0.0442. The Bertz CT molecular complexity index is 175. The van der Waals surface area contributed by atoms with E-state index in [1.165, 1.54) is 0 Å². The summed E-state index contributed by atoms with van der Waals surface area (Å²) in [7, 11) is 3.93. The van der Waals surface area contributed by atoms with Gasteiger partial charge in [0, 0.05) is 12.6 Å². The van der Waals surface area contributed by atoms with Gasteiger partial charge in [0.25, 0.3) is 0 Å². The highest BCUT2D eigenvalue weighted by Crippen LogP contribution is 2.23. The van der Waals surface area contributed by atoms with Crippen LogP contribution in [-0.2, 0) is 9.47 Å². The van der Waals surface area contributed by atoms with Crippen LogP contribution in [0.5, 0.6) is 0 Å². The van der Waals surface area contributed by atoms with Crippen molar-refractivity contribution in [3.63, 3.8) is 0 Å². The fraction of sp³-hybridized carbons (Fsp3) is 1.00. The van der Waals surface area contributed by atoms with E-state index in [0.29, 0.717) is 6.61 Å². The summed E-state index contributed by atoms with van der Waals surface area (Å²) in [4.78, 5) is 2.02. The van der Waals surface area contributed by atoms with E-state index in [2.05, 4.69) is 0 Å². The quantitative estimate of drug-likeness (QED) is 0.723. The first-order valence-corrected chi connectivity index (χ1v) is 5.17. The molecule has 1 N–H and O–H groups in total. The molecule has 0 bridgehead atoms. The summed E-state index contributed by atoms with van der Waals surface area (Å²) in [5.74, 6) is 0. The van der Waals surface area contributed by atoms with Gasteiger partial charge in [0.05, 0.1) is 6.10 Å². The molecule has 4 heteroatoms. The van der Waals surface area contributed by atoms with E-state index in [1.54, 1.807) is 0 Å². The van der Waals surface area contributed by atoms with Gasteiger partial charge < -0.3 is 19.5 Å². The summed E-state index contributed by atoms with van der Waals surface area (Å²) in [5, 5.41) is 9.96. The van der Waals surface area contributed by atoms with E-state index >= 15 is 0 Å². The van der Waals surface area contributed by atoms with Crippen molar-refractivity contribution in [2.24, 2.45) is 0 Å². The van der Waals surface area contributed by atoms with E-state index in [0.717, 1.165) is 6.42 Å². The highest BCUT2D eigenvalue weighted by molar-refractivity contribution is 4.85. The maximum atomic E-state index is 9.96. The minimum Gasteiger partial charge on any atom is -0.386 e. The molecule has 1 rings (SSSR count). The van der Waals surface area contributed by atoms with Crippen molar-refractivity contribution in [2.45, 2.75) is 44.8 Å². The molecule has 1 fully saturated rings. The van der Waals surface area contributed by atoms with E-state index in [1.807, 2.05) is 32.8 Å². The van der Waals surface area contributed by atoms with Gasteiger partial charge in [-0.25, -0.2) is 0 Å². The summed E-state index contributed by atoms with van der Waals surface area (Å²) in [6.45, 7) is 4.48. The van der Waals surface area contributed by atoms with Crippen LogP contribution >= 0.6 is 0 Å². The Morgan fingerprint density at radius 2 is 2.14 bits per heavy atom. The fourth-order valence-corrected chi connectivity index (χ4v) is 1.84. The number of hydrogen-bond acceptors (Lipinski definition) is 4. The van der Waals surface area contributed by atoms with E-state index in [9.17, 15) is 5.11 Å². The van der Waals surface area contributed by atoms with Gasteiger partial charge in [0.2, 0.25) is 0 Å². The summed E-state index contributed by atoms with van der Waals surface area (Å²) in [6, 6.07) is 0.121. The van der Waals surface area contributed by atoms with Crippen LogP contribution in [0.3, 0.4) is 0 Å². The van der Waals surface area contributed by atoms with Gasteiger partial charge in [-0.3, -0.25) is 0 Å². The zero-order valence-electron chi connectivity index (χ0n) is 9.43. The standard InChI is InChI=1S/C10H21NO3/c1-5-13-10-9(12)8(11(3)4)6-7(2)14-10/h7-10,12H,5-6H2,1-4H3/t7-,8+,9-,10-/m1/s1. The number of hydrogen-bond donors (Lipinski definition) is 1. The van der Waals surface area contributed by atoms with Crippen molar-refractivity contribution in [1.82, 2.24) is 4.90 Å². The van der Waals surface area contributed by atoms with Crippen molar-refractivity contribution in [3.05, 3.63) is 0 Å². The number of likely N-dealkylation sites (N-methyl/N-ethyl adjacent to an activating group) is 1. The second-order valence-corrected chi connectivity index (χ2v) is 4.03. The Morgan fingerprint density at radius 1 is 1.50 bits per heavy atom. The molecule has 0 aromatic heterocycles. The molecular formula is C10H21NO3. The van der Waals surface area contributed by atoms with Crippen LogP contribution in [0.2, 0.25) is 0 Å². The Kier molecular flexibility index (Phi) is 4.31. The first-order chi connectivity index (χ1) is 6.56. The van der Waals surface area contributed by atoms with Crippen LogP contribution in [0.4, 0.5) is 0 Å². The Hall–Kier alpha value is -0.160. The van der Waals surface area contributed by atoms with Crippen LogP contribution in [0.15, 0.2) is 0 Å². The third kappa shape index (κ3) is 2.67. The molecular weight excluding hydrogens is 182 g/mol. The number of aliphatic hydroxyl groups excluding tert-OH is 1. The van der Waals surface area contributed by atoms with Gasteiger partial charge >= 0.3 is 0 Å². The second kappa shape index (κ2) is 5.07. The van der Waals surface area contributed by atoms with Crippen LogP contribution in [0.1, 0.15) is 20.3 Å². The van der Waals surface area contributed by atoms with Crippen molar-refractivity contribution in [3.8, 4) is 0 Å². The lowest BCUT2D eigenvalue weighted by Gasteiger charge is -2.40. The van der Waals surface area contributed by atoms with E-state index < -0.39 is 12.4 Å². The SMILES string of the molecule is CCO[C@@H]1O[C@H](C)C[C@H](N(C)C)[C@H]1O. The maximum absolute atomic E-state index is 9.96. The molecule has 0 radical (unpaired) electrons. The van der Waals surface area contributed by atoms with Crippen LogP contribution in [0.25, 0.3) is 0 Å². The lowest BCUT2D eigenvalue weighted by molar-refractivity contribution is -0.250. The zero-order valence-corrected chi connectivity index (χ0v) is 9.43. The van der Waals surface area contributed by atoms with Gasteiger partial charge in [0.1, 0.15) is 6.10 Å². The maximum Gasteiger partial charge on any atom is 0.185 e. The minimum atomic E-state index is -0.554. The third-order valence-electron chi connectivity index (χ3n) is 2.61. The Labute approximate surface area is 85.8 Å². The Balaban J connectivity index is 2.60. The molecule has 1 aliphatic heterocycles. The molecule has 4 atom stereocenters. The molecule has 0 spiro atoms. The van der Waals surface area contributed by atoms with Gasteiger partial charge in [-0.15, -0.1) is 0 Å². The van der Waals surface area contributed by atoms with Crippen LogP contribution < -0.4 is 0 Å². The fourth-order valence-electron chi connectivity index (χ4n) is 1.84. The van der Waals surface area contributed by atoms with Crippen LogP contribution in [-0.4, -0.2) is 55.2 Å². The molecule has 0 aromatic carbocycles. The molecule has 1 saturated heterocycles. The first-order valence-electron chi connectivity index (χ1n) is 5.17. The number of nitrogens with zero attached hydrogens (tertiary/aromatic N) is 1. The number of aliphatic hydroxyl groups is 1. The molecule has 0 unspecified atom stereocenters. The van der Waals surface area contributed by atoms with Crippen molar-refractivity contribution in [1.29, 1.82) is 0 Å². The molecule has 0 aromatic rings. The summed E-state index contributed by atoms with van der Waals surface area (Å²) >= 11 is 0. The highest BCUT2D eigenvalue weighted by atomic mass is 16.7. The lowest BCUT2D eigenvalue weighted by atomic mass is 9.99. The Morgan fingerprint density at radius 3 is 2.64 bits per heavy atom. The number of ether oxygens (including phenoxy) is 2. The molecule has 0 amide bonds. The van der Waals surface area contributed by atoms with E-state index in [-0.39, 0.29) is 12.1 Å². The first kappa shape index (κ1) is 11.9. The smallest absolute Gasteiger partial charge is 0.185 e. The normalized spacial score (nSPS) is 39.0. The van der Waals surface area contributed by atoms with Crippen molar-refractivity contribution < 1.29 is 14.6 Å². The zero-order chi connectivity index (χ0) is 10.7. The van der Waals surface area contributed by atoms with Gasteiger partial charge in [-0.05, 0) is 34.4 Å². The molecule has 0 saturated carbocycles. The monoisotopic (exact) mass is 203 g/mol. The summed E-state index contributed by atoms with van der Waals surface area (Å²) in [5.41, 5.74) is 0. The van der Waals surface area contributed by atoms with E-state index in [4.69, 9.17) is 9.47 Å². The molecule has 1 aliphatic rings. The second-order valence-electron chi connectivity index (χ2n) is 4.03. The number of rotatable bonds is 3. The van der Waals surface area contributed by atoms with Crippen molar-refractivity contribution >= 4 is 0 Å². The van der Waals surface area contributed by atoms with Gasteiger partial charge in [-0.2, -0.15) is 0 Å². The van der Waals surface area contributed by atoms with Crippen molar-refractivity contribution in [2.75, 3.05) is 20.7 Å². The highest BCUT2D eigenvalue weighted by Gasteiger charge is 2.37. The minimum absolute atomic E-state index is 0.121.